The molecule has 0 radical (unpaired) electrons. The van der Waals surface area contributed by atoms with Gasteiger partial charge < -0.3 is 10.6 Å². The average Bonchev–Trinajstić information content (AvgIpc) is 2.29. The van der Waals surface area contributed by atoms with Crippen molar-refractivity contribution in [1.82, 2.24) is 10.3 Å². The second kappa shape index (κ2) is 6.54. The fourth-order valence-electron chi connectivity index (χ4n) is 1.19. The second-order valence-corrected chi connectivity index (χ2v) is 4.56. The summed E-state index contributed by atoms with van der Waals surface area (Å²) < 4.78 is 14.0. The molecular weight excluding hydrogens is 289 g/mol. The van der Waals surface area contributed by atoms with Gasteiger partial charge in [-0.2, -0.15) is 0 Å². The molecule has 0 spiro atoms. The third-order valence-electron chi connectivity index (χ3n) is 2.10. The Hall–Kier alpha value is -1.17. The lowest BCUT2D eigenvalue weighted by Crippen LogP contribution is -2.38. The number of hydrogen-bond donors (Lipinski definition) is 2. The summed E-state index contributed by atoms with van der Waals surface area (Å²) in [6.45, 7) is 4.24. The second-order valence-electron chi connectivity index (χ2n) is 3.64. The first-order chi connectivity index (χ1) is 8.04. The molecule has 0 fully saturated rings. The predicted molar refractivity (Wildman–Crippen MR) is 68.3 cm³/mol. The maximum atomic E-state index is 13.4. The van der Waals surface area contributed by atoms with E-state index in [1.54, 1.807) is 6.92 Å². The highest BCUT2D eigenvalue weighted by atomic mass is 79.9. The summed E-state index contributed by atoms with van der Waals surface area (Å²) in [5.41, 5.74) is 0. The Kier molecular flexibility index (Phi) is 5.34. The zero-order valence-electron chi connectivity index (χ0n) is 9.76. The minimum absolute atomic E-state index is 0.0762. The number of amides is 1. The van der Waals surface area contributed by atoms with Crippen LogP contribution in [0.4, 0.5) is 10.2 Å². The molecule has 2 N–H and O–H groups in total. The van der Waals surface area contributed by atoms with Gasteiger partial charge in [0.1, 0.15) is 6.04 Å². The maximum Gasteiger partial charge on any atom is 0.242 e. The van der Waals surface area contributed by atoms with E-state index in [1.807, 2.05) is 6.92 Å². The Bertz CT molecular complexity index is 400. The van der Waals surface area contributed by atoms with Crippen molar-refractivity contribution >= 4 is 27.7 Å². The summed E-state index contributed by atoms with van der Waals surface area (Å²) in [6, 6.07) is 0.774. The number of anilines is 1. The number of rotatable bonds is 5. The fourth-order valence-corrected chi connectivity index (χ4v) is 1.50. The lowest BCUT2D eigenvalue weighted by atomic mass is 10.3. The summed E-state index contributed by atoms with van der Waals surface area (Å²) in [5.74, 6) is -0.585. The fraction of sp³-hybridized carbons (Fsp3) is 0.455. The van der Waals surface area contributed by atoms with Crippen LogP contribution in [-0.2, 0) is 4.79 Å². The minimum atomic E-state index is -0.523. The summed E-state index contributed by atoms with van der Waals surface area (Å²) in [7, 11) is 0. The lowest BCUT2D eigenvalue weighted by Gasteiger charge is -2.14. The van der Waals surface area contributed by atoms with Crippen molar-refractivity contribution in [3.05, 3.63) is 22.6 Å². The third-order valence-corrected chi connectivity index (χ3v) is 2.54. The van der Waals surface area contributed by atoms with Crippen LogP contribution in [0, 0.1) is 5.82 Å². The standard InChI is InChI=1S/C11H15BrFN3O/c1-3-4-14-11(17)7(2)16-10-9(13)5-8(12)6-15-10/h5-7H,3-4H2,1-2H3,(H,14,17)(H,15,16). The predicted octanol–water partition coefficient (Wildman–Crippen LogP) is 2.31. The van der Waals surface area contributed by atoms with Gasteiger partial charge in [0, 0.05) is 17.2 Å². The Labute approximate surface area is 108 Å². The van der Waals surface area contributed by atoms with Crippen LogP contribution in [0.2, 0.25) is 0 Å². The van der Waals surface area contributed by atoms with Crippen molar-refractivity contribution in [1.29, 1.82) is 0 Å². The van der Waals surface area contributed by atoms with Crippen molar-refractivity contribution in [3.63, 3.8) is 0 Å². The van der Waals surface area contributed by atoms with Gasteiger partial charge in [-0.05, 0) is 35.3 Å². The zero-order chi connectivity index (χ0) is 12.8. The van der Waals surface area contributed by atoms with E-state index in [-0.39, 0.29) is 11.7 Å². The van der Waals surface area contributed by atoms with Crippen molar-refractivity contribution < 1.29 is 9.18 Å². The topological polar surface area (TPSA) is 54.0 Å². The largest absolute Gasteiger partial charge is 0.356 e. The Balaban J connectivity index is 2.61. The van der Waals surface area contributed by atoms with E-state index in [0.717, 1.165) is 6.42 Å². The number of hydrogen-bond acceptors (Lipinski definition) is 3. The van der Waals surface area contributed by atoms with Gasteiger partial charge in [0.15, 0.2) is 11.6 Å². The van der Waals surface area contributed by atoms with Crippen LogP contribution in [0.15, 0.2) is 16.7 Å². The van der Waals surface area contributed by atoms with Gasteiger partial charge in [0.05, 0.1) is 0 Å². The lowest BCUT2D eigenvalue weighted by molar-refractivity contribution is -0.121. The van der Waals surface area contributed by atoms with Gasteiger partial charge in [-0.25, -0.2) is 9.37 Å². The third kappa shape index (κ3) is 4.30. The smallest absolute Gasteiger partial charge is 0.242 e. The monoisotopic (exact) mass is 303 g/mol. The molecule has 1 amide bonds. The summed E-state index contributed by atoms with van der Waals surface area (Å²) in [6.07, 6.45) is 2.34. The maximum absolute atomic E-state index is 13.4. The van der Waals surface area contributed by atoms with Crippen LogP contribution in [0.5, 0.6) is 0 Å². The van der Waals surface area contributed by atoms with Crippen LogP contribution in [-0.4, -0.2) is 23.5 Å². The number of nitrogens with one attached hydrogen (secondary N) is 2. The summed E-state index contributed by atoms with van der Waals surface area (Å²) in [4.78, 5) is 15.4. The first kappa shape index (κ1) is 13.9. The molecule has 0 saturated heterocycles. The number of nitrogens with zero attached hydrogens (tertiary/aromatic N) is 1. The van der Waals surface area contributed by atoms with E-state index in [0.29, 0.717) is 11.0 Å². The van der Waals surface area contributed by atoms with Crippen LogP contribution >= 0.6 is 15.9 Å². The molecule has 0 bridgehead atoms. The highest BCUT2D eigenvalue weighted by Gasteiger charge is 2.14. The molecule has 0 aromatic carbocycles. The Morgan fingerprint density at radius 2 is 2.35 bits per heavy atom. The van der Waals surface area contributed by atoms with Crippen LogP contribution in [0.25, 0.3) is 0 Å². The molecule has 17 heavy (non-hydrogen) atoms. The quantitative estimate of drug-likeness (QED) is 0.877. The number of halogens is 2. The highest BCUT2D eigenvalue weighted by Crippen LogP contribution is 2.16. The van der Waals surface area contributed by atoms with Crippen molar-refractivity contribution in [2.24, 2.45) is 0 Å². The first-order valence-corrected chi connectivity index (χ1v) is 6.19. The number of aromatic nitrogens is 1. The summed E-state index contributed by atoms with van der Waals surface area (Å²) in [5, 5.41) is 5.45. The molecule has 0 aliphatic rings. The number of carbonyl (C=O) groups is 1. The molecule has 6 heteroatoms. The van der Waals surface area contributed by atoms with Gasteiger partial charge in [-0.15, -0.1) is 0 Å². The van der Waals surface area contributed by atoms with Crippen LogP contribution < -0.4 is 10.6 Å². The van der Waals surface area contributed by atoms with Gasteiger partial charge in [0.25, 0.3) is 0 Å². The van der Waals surface area contributed by atoms with E-state index in [9.17, 15) is 9.18 Å². The van der Waals surface area contributed by atoms with Gasteiger partial charge >= 0.3 is 0 Å². The zero-order valence-corrected chi connectivity index (χ0v) is 11.3. The Morgan fingerprint density at radius 1 is 1.65 bits per heavy atom. The number of carbonyl (C=O) groups excluding carboxylic acids is 1. The minimum Gasteiger partial charge on any atom is -0.356 e. The highest BCUT2D eigenvalue weighted by molar-refractivity contribution is 9.10. The summed E-state index contributed by atoms with van der Waals surface area (Å²) >= 11 is 3.12. The van der Waals surface area contributed by atoms with Gasteiger partial charge in [0.2, 0.25) is 5.91 Å². The molecule has 94 valence electrons. The number of pyridine rings is 1. The molecule has 1 atom stereocenters. The molecule has 4 nitrogen and oxygen atoms in total. The molecule has 1 rings (SSSR count). The van der Waals surface area contributed by atoms with Crippen molar-refractivity contribution in [3.8, 4) is 0 Å². The van der Waals surface area contributed by atoms with E-state index in [2.05, 4.69) is 31.5 Å². The van der Waals surface area contributed by atoms with Gasteiger partial charge in [-0.3, -0.25) is 4.79 Å². The Morgan fingerprint density at radius 3 is 2.94 bits per heavy atom. The molecule has 0 aliphatic carbocycles. The van der Waals surface area contributed by atoms with E-state index in [4.69, 9.17) is 0 Å². The van der Waals surface area contributed by atoms with E-state index < -0.39 is 11.9 Å². The normalized spacial score (nSPS) is 12.0. The first-order valence-electron chi connectivity index (χ1n) is 5.40. The van der Waals surface area contributed by atoms with E-state index >= 15 is 0 Å². The van der Waals surface area contributed by atoms with Gasteiger partial charge in [-0.1, -0.05) is 6.92 Å². The van der Waals surface area contributed by atoms with Crippen molar-refractivity contribution in [2.45, 2.75) is 26.3 Å². The molecule has 1 unspecified atom stereocenters. The average molecular weight is 304 g/mol. The SMILES string of the molecule is CCCNC(=O)C(C)Nc1ncc(Br)cc1F. The molecular formula is C11H15BrFN3O. The van der Waals surface area contributed by atoms with Crippen molar-refractivity contribution in [2.75, 3.05) is 11.9 Å². The molecule has 1 heterocycles. The molecule has 0 aliphatic heterocycles. The molecule has 0 saturated carbocycles. The molecule has 1 aromatic rings. The van der Waals surface area contributed by atoms with Crippen LogP contribution in [0.3, 0.4) is 0 Å². The molecule has 1 aromatic heterocycles. The van der Waals surface area contributed by atoms with Crippen LogP contribution in [0.1, 0.15) is 20.3 Å². The van der Waals surface area contributed by atoms with E-state index in [1.165, 1.54) is 12.3 Å².